The van der Waals surface area contributed by atoms with E-state index in [4.69, 9.17) is 0 Å². The number of rotatable bonds is 2. The third-order valence-electron chi connectivity index (χ3n) is 1.19. The molecule has 0 atom stereocenters. The molecule has 0 unspecified atom stereocenters. The van der Waals surface area contributed by atoms with Crippen molar-refractivity contribution in [3.63, 3.8) is 0 Å². The number of carboxylic acids is 1. The second kappa shape index (κ2) is 5.30. The van der Waals surface area contributed by atoms with Gasteiger partial charge in [0.25, 0.3) is 0 Å². The average Bonchev–Trinajstić information content (AvgIpc) is 1.88. The van der Waals surface area contributed by atoms with Crippen molar-refractivity contribution in [3.05, 3.63) is 35.9 Å². The van der Waals surface area contributed by atoms with Crippen LogP contribution >= 0.6 is 0 Å². The molecule has 53 valence electrons. The molecule has 0 saturated heterocycles. The molecule has 0 aliphatic carbocycles. The monoisotopic (exact) mass is 337 g/mol. The van der Waals surface area contributed by atoms with Gasteiger partial charge in [0.15, 0.2) is 0 Å². The van der Waals surface area contributed by atoms with Gasteiger partial charge >= 0.3 is 27.7 Å². The molecule has 0 bridgehead atoms. The number of carboxylic acid groups (broad SMARTS) is 1. The van der Waals surface area contributed by atoms with Gasteiger partial charge in [-0.25, -0.2) is 0 Å². The minimum atomic E-state index is -1.04. The molecule has 1 rings (SSSR count). The van der Waals surface area contributed by atoms with Crippen LogP contribution < -0.4 is 5.11 Å². The molecule has 0 N–H and O–H groups in total. The third-order valence-corrected chi connectivity index (χ3v) is 1.19. The molecule has 3 heteroatoms. The molecule has 0 aromatic heterocycles. The summed E-state index contributed by atoms with van der Waals surface area (Å²) in [5.74, 6) is -1.04. The normalized spacial score (nSPS) is 8.36. The molecule has 11 heavy (non-hydrogen) atoms. The van der Waals surface area contributed by atoms with E-state index in [1.807, 2.05) is 6.07 Å². The molecule has 0 heterocycles. The number of carbonyl (C=O) groups is 1. The van der Waals surface area contributed by atoms with Gasteiger partial charge in [0.2, 0.25) is 0 Å². The molecule has 0 fully saturated rings. The van der Waals surface area contributed by atoms with E-state index in [1.165, 1.54) is 0 Å². The van der Waals surface area contributed by atoms with Crippen molar-refractivity contribution >= 4 is 5.97 Å². The molecule has 0 spiro atoms. The Morgan fingerprint density at radius 1 is 1.27 bits per heavy atom. The van der Waals surface area contributed by atoms with Crippen molar-refractivity contribution in [2.45, 2.75) is 6.42 Å². The molecule has 1 aromatic rings. The van der Waals surface area contributed by atoms with Crippen molar-refractivity contribution in [2.24, 2.45) is 0 Å². The SMILES string of the molecule is O=C([O-])Cc1ccccc1.[Hg+]. The minimum absolute atomic E-state index is 0. The summed E-state index contributed by atoms with van der Waals surface area (Å²) in [5.41, 5.74) is 0.780. The van der Waals surface area contributed by atoms with Crippen LogP contribution in [0.5, 0.6) is 0 Å². The van der Waals surface area contributed by atoms with E-state index in [1.54, 1.807) is 24.3 Å². The molecule has 1 aromatic carbocycles. The number of benzene rings is 1. The van der Waals surface area contributed by atoms with Crippen molar-refractivity contribution in [3.8, 4) is 0 Å². The topological polar surface area (TPSA) is 40.1 Å². The fraction of sp³-hybridized carbons (Fsp3) is 0.125. The zero-order chi connectivity index (χ0) is 7.40. The number of carbonyl (C=O) groups excluding carboxylic acids is 1. The van der Waals surface area contributed by atoms with E-state index >= 15 is 0 Å². The average molecular weight is 336 g/mol. The van der Waals surface area contributed by atoms with Crippen LogP contribution in [0.4, 0.5) is 0 Å². The van der Waals surface area contributed by atoms with E-state index < -0.39 is 5.97 Å². The van der Waals surface area contributed by atoms with E-state index in [-0.39, 0.29) is 34.1 Å². The Labute approximate surface area is 85.7 Å². The Bertz CT molecular complexity index is 221. The standard InChI is InChI=1S/C8H8O2.Hg/c9-8(10)6-7-4-2-1-3-5-7;/h1-5H,6H2,(H,9,10);/q;+1/p-1. The van der Waals surface area contributed by atoms with Crippen LogP contribution in [0.3, 0.4) is 0 Å². The van der Waals surface area contributed by atoms with Gasteiger partial charge in [-0.2, -0.15) is 0 Å². The van der Waals surface area contributed by atoms with Crippen LogP contribution in [0.1, 0.15) is 5.56 Å². The molecule has 2 nitrogen and oxygen atoms in total. The Balaban J connectivity index is 0.000001000. The first-order valence-corrected chi connectivity index (χ1v) is 3.03. The summed E-state index contributed by atoms with van der Waals surface area (Å²) >= 11 is 0. The summed E-state index contributed by atoms with van der Waals surface area (Å²) < 4.78 is 0. The fourth-order valence-electron chi connectivity index (χ4n) is 0.763. The molecule has 0 amide bonds. The Kier molecular flexibility index (Phi) is 5.12. The van der Waals surface area contributed by atoms with Gasteiger partial charge in [-0.15, -0.1) is 0 Å². The smallest absolute Gasteiger partial charge is 0.550 e. The van der Waals surface area contributed by atoms with Crippen molar-refractivity contribution < 1.29 is 37.6 Å². The van der Waals surface area contributed by atoms with Gasteiger partial charge in [0.1, 0.15) is 0 Å². The second-order valence-corrected chi connectivity index (χ2v) is 2.03. The van der Waals surface area contributed by atoms with Crippen LogP contribution in [0.25, 0.3) is 0 Å². The van der Waals surface area contributed by atoms with E-state index in [0.29, 0.717) is 0 Å². The van der Waals surface area contributed by atoms with Gasteiger partial charge in [-0.3, -0.25) is 0 Å². The molecular formula is C8H7HgO2. The number of hydrogen-bond donors (Lipinski definition) is 0. The minimum Gasteiger partial charge on any atom is -0.550 e. The van der Waals surface area contributed by atoms with Crippen LogP contribution in [-0.2, 0) is 38.9 Å². The summed E-state index contributed by atoms with van der Waals surface area (Å²) in [4.78, 5) is 10.1. The largest absolute Gasteiger partial charge is 1.00 e. The Morgan fingerprint density at radius 2 is 1.82 bits per heavy atom. The molecule has 0 aliphatic heterocycles. The second-order valence-electron chi connectivity index (χ2n) is 2.03. The van der Waals surface area contributed by atoms with Crippen LogP contribution in [0, 0.1) is 0 Å². The summed E-state index contributed by atoms with van der Waals surface area (Å²) in [7, 11) is 0. The van der Waals surface area contributed by atoms with Gasteiger partial charge in [0, 0.05) is 12.4 Å². The maximum absolute atomic E-state index is 10.1. The van der Waals surface area contributed by atoms with Gasteiger partial charge in [-0.05, 0) is 5.56 Å². The van der Waals surface area contributed by atoms with E-state index in [0.717, 1.165) is 5.56 Å². The van der Waals surface area contributed by atoms with Crippen LogP contribution in [-0.4, -0.2) is 5.97 Å². The molecule has 0 aliphatic rings. The Morgan fingerprint density at radius 3 is 2.27 bits per heavy atom. The first kappa shape index (κ1) is 10.6. The molecular weight excluding hydrogens is 329 g/mol. The van der Waals surface area contributed by atoms with Gasteiger partial charge in [0.05, 0.1) is 0 Å². The van der Waals surface area contributed by atoms with Gasteiger partial charge < -0.3 is 9.90 Å². The first-order valence-electron chi connectivity index (χ1n) is 3.03. The summed E-state index contributed by atoms with van der Waals surface area (Å²) in [5, 5.41) is 10.1. The predicted molar refractivity (Wildman–Crippen MR) is 35.2 cm³/mol. The molecule has 1 radical (unpaired) electrons. The zero-order valence-corrected chi connectivity index (χ0v) is 11.6. The van der Waals surface area contributed by atoms with Crippen molar-refractivity contribution in [1.82, 2.24) is 0 Å². The van der Waals surface area contributed by atoms with Crippen molar-refractivity contribution in [2.75, 3.05) is 0 Å². The summed E-state index contributed by atoms with van der Waals surface area (Å²) in [6.07, 6.45) is 0.000833. The Hall–Kier alpha value is -0.375. The zero-order valence-electron chi connectivity index (χ0n) is 6.12. The van der Waals surface area contributed by atoms with Crippen LogP contribution in [0.15, 0.2) is 30.3 Å². The third kappa shape index (κ3) is 4.14. The summed E-state index contributed by atoms with van der Waals surface area (Å²) in [6.45, 7) is 0. The van der Waals surface area contributed by atoms with Crippen molar-refractivity contribution in [1.29, 1.82) is 0 Å². The van der Waals surface area contributed by atoms with Gasteiger partial charge in [-0.1, -0.05) is 30.3 Å². The predicted octanol–water partition coefficient (Wildman–Crippen LogP) is -0.0235. The number of hydrogen-bond acceptors (Lipinski definition) is 2. The van der Waals surface area contributed by atoms with Crippen LogP contribution in [0.2, 0.25) is 0 Å². The maximum Gasteiger partial charge on any atom is 1.00 e. The first-order chi connectivity index (χ1) is 4.79. The molecule has 0 saturated carbocycles. The number of aliphatic carboxylic acids is 1. The summed E-state index contributed by atoms with van der Waals surface area (Å²) in [6, 6.07) is 8.97. The quantitative estimate of drug-likeness (QED) is 0.713. The maximum atomic E-state index is 10.1. The van der Waals surface area contributed by atoms with E-state index in [2.05, 4.69) is 0 Å². The fourth-order valence-corrected chi connectivity index (χ4v) is 0.763. The van der Waals surface area contributed by atoms with E-state index in [9.17, 15) is 9.90 Å².